The number of hydrogen-bond acceptors (Lipinski definition) is 3. The van der Waals surface area contributed by atoms with E-state index in [4.69, 9.17) is 23.2 Å². The van der Waals surface area contributed by atoms with Gasteiger partial charge in [-0.15, -0.1) is 0 Å². The van der Waals surface area contributed by atoms with E-state index in [1.807, 2.05) is 0 Å². The van der Waals surface area contributed by atoms with Gasteiger partial charge < -0.3 is 5.32 Å². The molecular weight excluding hydrogens is 353 g/mol. The minimum Gasteiger partial charge on any atom is -0.310 e. The summed E-state index contributed by atoms with van der Waals surface area (Å²) in [5.74, 6) is 0.154. The average molecular weight is 361 g/mol. The molecule has 2 aromatic rings. The highest BCUT2D eigenvalue weighted by molar-refractivity contribution is 9.10. The molecule has 0 aliphatic carbocycles. The Bertz CT molecular complexity index is 622. The number of nitrogens with one attached hydrogen (secondary N) is 1. The number of carbonyl (C=O) groups is 1. The van der Waals surface area contributed by atoms with E-state index in [9.17, 15) is 4.79 Å². The lowest BCUT2D eigenvalue weighted by Gasteiger charge is -2.06. The van der Waals surface area contributed by atoms with Crippen LogP contribution in [0.25, 0.3) is 0 Å². The van der Waals surface area contributed by atoms with Gasteiger partial charge in [-0.1, -0.05) is 39.1 Å². The molecule has 0 aliphatic heterocycles. The number of anilines is 1. The topological polar surface area (TPSA) is 54.9 Å². The SMILES string of the molecule is O=C(Cc1cc(Cl)ccc1Br)Nc1cc(Cl)ncn1. The Morgan fingerprint density at radius 3 is 2.79 bits per heavy atom. The maximum Gasteiger partial charge on any atom is 0.229 e. The second-order valence-electron chi connectivity index (χ2n) is 3.69. The fourth-order valence-electron chi connectivity index (χ4n) is 1.44. The lowest BCUT2D eigenvalue weighted by Crippen LogP contribution is -2.15. The molecule has 0 atom stereocenters. The first-order chi connectivity index (χ1) is 9.04. The minimum atomic E-state index is -0.210. The van der Waals surface area contributed by atoms with Crippen LogP contribution in [0.1, 0.15) is 5.56 Å². The van der Waals surface area contributed by atoms with E-state index >= 15 is 0 Å². The van der Waals surface area contributed by atoms with Gasteiger partial charge >= 0.3 is 0 Å². The van der Waals surface area contributed by atoms with Crippen molar-refractivity contribution in [3.63, 3.8) is 0 Å². The lowest BCUT2D eigenvalue weighted by molar-refractivity contribution is -0.115. The van der Waals surface area contributed by atoms with E-state index in [-0.39, 0.29) is 17.5 Å². The molecular formula is C12H8BrCl2N3O. The third kappa shape index (κ3) is 4.16. The van der Waals surface area contributed by atoms with Crippen LogP contribution in [0, 0.1) is 0 Å². The number of aromatic nitrogens is 2. The maximum atomic E-state index is 11.9. The molecule has 0 unspecified atom stereocenters. The predicted octanol–water partition coefficient (Wildman–Crippen LogP) is 3.73. The summed E-state index contributed by atoms with van der Waals surface area (Å²) in [6, 6.07) is 6.76. The van der Waals surface area contributed by atoms with Crippen molar-refractivity contribution >= 4 is 50.9 Å². The van der Waals surface area contributed by atoms with Crippen LogP contribution in [-0.4, -0.2) is 15.9 Å². The van der Waals surface area contributed by atoms with Gasteiger partial charge in [-0.2, -0.15) is 0 Å². The van der Waals surface area contributed by atoms with Crippen LogP contribution < -0.4 is 5.32 Å². The zero-order valence-corrected chi connectivity index (χ0v) is 12.6. The van der Waals surface area contributed by atoms with Gasteiger partial charge in [0.25, 0.3) is 0 Å². The fraction of sp³-hybridized carbons (Fsp3) is 0.0833. The van der Waals surface area contributed by atoms with Gasteiger partial charge in [-0.3, -0.25) is 4.79 Å². The van der Waals surface area contributed by atoms with Crippen molar-refractivity contribution in [3.05, 3.63) is 50.8 Å². The molecule has 1 aromatic carbocycles. The Morgan fingerprint density at radius 1 is 1.26 bits per heavy atom. The second kappa shape index (κ2) is 6.32. The largest absolute Gasteiger partial charge is 0.310 e. The van der Waals surface area contributed by atoms with Crippen molar-refractivity contribution in [3.8, 4) is 0 Å². The second-order valence-corrected chi connectivity index (χ2v) is 5.36. The van der Waals surface area contributed by atoms with Gasteiger partial charge in [0.1, 0.15) is 17.3 Å². The van der Waals surface area contributed by atoms with Crippen LogP contribution in [0.4, 0.5) is 5.82 Å². The summed E-state index contributed by atoms with van der Waals surface area (Å²) in [6.07, 6.45) is 1.47. The predicted molar refractivity (Wildman–Crippen MR) is 78.5 cm³/mol. The quantitative estimate of drug-likeness (QED) is 0.848. The minimum absolute atomic E-state index is 0.183. The zero-order chi connectivity index (χ0) is 13.8. The lowest BCUT2D eigenvalue weighted by atomic mass is 10.1. The van der Waals surface area contributed by atoms with Crippen LogP contribution >= 0.6 is 39.1 Å². The third-order valence-electron chi connectivity index (χ3n) is 2.26. The molecule has 0 saturated carbocycles. The van der Waals surface area contributed by atoms with Crippen LogP contribution in [0.15, 0.2) is 35.1 Å². The molecule has 2 rings (SSSR count). The number of amides is 1. The molecule has 1 N–H and O–H groups in total. The molecule has 19 heavy (non-hydrogen) atoms. The summed E-state index contributed by atoms with van der Waals surface area (Å²) in [5.41, 5.74) is 0.796. The Morgan fingerprint density at radius 2 is 2.05 bits per heavy atom. The number of benzene rings is 1. The molecule has 1 aromatic heterocycles. The van der Waals surface area contributed by atoms with Crippen LogP contribution in [-0.2, 0) is 11.2 Å². The Kier molecular flexibility index (Phi) is 4.74. The highest BCUT2D eigenvalue weighted by atomic mass is 79.9. The number of nitrogens with zero attached hydrogens (tertiary/aromatic N) is 2. The van der Waals surface area contributed by atoms with E-state index in [2.05, 4.69) is 31.2 Å². The standard InChI is InChI=1S/C12H8BrCl2N3O/c13-9-2-1-8(14)3-7(9)4-12(19)18-11-5-10(15)16-6-17-11/h1-3,5-6H,4H2,(H,16,17,18,19). The molecule has 0 radical (unpaired) electrons. The first-order valence-corrected chi connectivity index (χ1v) is 6.81. The van der Waals surface area contributed by atoms with Gasteiger partial charge in [0, 0.05) is 15.6 Å². The van der Waals surface area contributed by atoms with E-state index < -0.39 is 0 Å². The van der Waals surface area contributed by atoms with Crippen molar-refractivity contribution in [2.24, 2.45) is 0 Å². The van der Waals surface area contributed by atoms with Gasteiger partial charge in [0.05, 0.1) is 6.42 Å². The smallest absolute Gasteiger partial charge is 0.229 e. The van der Waals surface area contributed by atoms with Gasteiger partial charge in [0.15, 0.2) is 0 Å². The molecule has 98 valence electrons. The summed E-state index contributed by atoms with van der Waals surface area (Å²) in [5, 5.41) is 3.49. The first-order valence-electron chi connectivity index (χ1n) is 5.26. The summed E-state index contributed by atoms with van der Waals surface area (Å²) in [7, 11) is 0. The van der Waals surface area contributed by atoms with Crippen LogP contribution in [0.2, 0.25) is 10.2 Å². The highest BCUT2D eigenvalue weighted by Gasteiger charge is 2.09. The third-order valence-corrected chi connectivity index (χ3v) is 3.48. The molecule has 0 saturated heterocycles. The van der Waals surface area contributed by atoms with Crippen molar-refractivity contribution in [1.82, 2.24) is 9.97 Å². The molecule has 0 fully saturated rings. The molecule has 0 spiro atoms. The number of carbonyl (C=O) groups excluding carboxylic acids is 1. The monoisotopic (exact) mass is 359 g/mol. The average Bonchev–Trinajstić information content (AvgIpc) is 2.34. The van der Waals surface area contributed by atoms with Gasteiger partial charge in [-0.05, 0) is 23.8 Å². The zero-order valence-electron chi connectivity index (χ0n) is 9.53. The summed E-state index contributed by atoms with van der Waals surface area (Å²) < 4.78 is 0.827. The van der Waals surface area contributed by atoms with Crippen LogP contribution in [0.5, 0.6) is 0 Å². The molecule has 1 heterocycles. The van der Waals surface area contributed by atoms with E-state index in [1.165, 1.54) is 12.4 Å². The molecule has 0 aliphatic rings. The van der Waals surface area contributed by atoms with Crippen LogP contribution in [0.3, 0.4) is 0 Å². The fourth-order valence-corrected chi connectivity index (χ4v) is 2.17. The van der Waals surface area contributed by atoms with E-state index in [0.717, 1.165) is 10.0 Å². The molecule has 1 amide bonds. The Labute approximate surface area is 128 Å². The first kappa shape index (κ1) is 14.2. The van der Waals surface area contributed by atoms with Crippen molar-refractivity contribution in [2.45, 2.75) is 6.42 Å². The van der Waals surface area contributed by atoms with Gasteiger partial charge in [-0.25, -0.2) is 9.97 Å². The normalized spacial score (nSPS) is 10.3. The number of hydrogen-bond donors (Lipinski definition) is 1. The summed E-state index contributed by atoms with van der Waals surface area (Å²) in [6.45, 7) is 0. The van der Waals surface area contributed by atoms with Gasteiger partial charge in [0.2, 0.25) is 5.91 Å². The maximum absolute atomic E-state index is 11.9. The van der Waals surface area contributed by atoms with Crippen molar-refractivity contribution in [2.75, 3.05) is 5.32 Å². The number of rotatable bonds is 3. The van der Waals surface area contributed by atoms with E-state index in [1.54, 1.807) is 18.2 Å². The summed E-state index contributed by atoms with van der Waals surface area (Å²) in [4.78, 5) is 19.5. The molecule has 7 heteroatoms. The molecule has 4 nitrogen and oxygen atoms in total. The Hall–Kier alpha value is -1.17. The van der Waals surface area contributed by atoms with Crippen molar-refractivity contribution in [1.29, 1.82) is 0 Å². The summed E-state index contributed by atoms with van der Waals surface area (Å²) >= 11 is 15.0. The highest BCUT2D eigenvalue weighted by Crippen LogP contribution is 2.22. The van der Waals surface area contributed by atoms with Crippen molar-refractivity contribution < 1.29 is 4.79 Å². The number of halogens is 3. The molecule has 0 bridgehead atoms. The Balaban J connectivity index is 2.07. The van der Waals surface area contributed by atoms with E-state index in [0.29, 0.717) is 10.8 Å².